The maximum absolute atomic E-state index is 15.7. The molecule has 4 aromatic rings. The van der Waals surface area contributed by atoms with Crippen LogP contribution in [0.25, 0.3) is 22.4 Å². The summed E-state index contributed by atoms with van der Waals surface area (Å²) < 4.78 is 15.7. The van der Waals surface area contributed by atoms with Crippen LogP contribution in [0.1, 0.15) is 44.1 Å². The molecule has 2 fully saturated rings. The Morgan fingerprint density at radius 1 is 1.02 bits per heavy atom. The van der Waals surface area contributed by atoms with Crippen molar-refractivity contribution in [1.82, 2.24) is 9.97 Å². The van der Waals surface area contributed by atoms with Crippen molar-refractivity contribution in [3.63, 3.8) is 0 Å². The van der Waals surface area contributed by atoms with E-state index in [4.69, 9.17) is 0 Å². The fourth-order valence-corrected chi connectivity index (χ4v) is 6.46. The SMILES string of the molecule is O=C(O)C[C@@H](Cc1ccccc1)C(=O)N(c1nc(-c2ccccc2-c2ccc(N3CCCCC3=O)nc2)c(F)s1)C1CC1. The molecule has 1 N–H and O–H groups in total. The summed E-state index contributed by atoms with van der Waals surface area (Å²) in [5.41, 5.74) is 3.02. The molecule has 43 heavy (non-hydrogen) atoms. The molecule has 8 nitrogen and oxygen atoms in total. The number of benzene rings is 2. The zero-order valence-corrected chi connectivity index (χ0v) is 24.3. The molecule has 0 unspecified atom stereocenters. The molecule has 0 spiro atoms. The minimum atomic E-state index is -1.06. The van der Waals surface area contributed by atoms with Gasteiger partial charge in [0.1, 0.15) is 11.5 Å². The van der Waals surface area contributed by atoms with Gasteiger partial charge in [0.2, 0.25) is 16.9 Å². The van der Waals surface area contributed by atoms with E-state index in [1.807, 2.05) is 48.5 Å². The van der Waals surface area contributed by atoms with Crippen LogP contribution in [-0.4, -0.2) is 45.4 Å². The van der Waals surface area contributed by atoms with Gasteiger partial charge in [-0.2, -0.15) is 4.39 Å². The molecule has 1 saturated carbocycles. The zero-order valence-electron chi connectivity index (χ0n) is 23.5. The Morgan fingerprint density at radius 3 is 2.44 bits per heavy atom. The second-order valence-corrected chi connectivity index (χ2v) is 11.9. The highest BCUT2D eigenvalue weighted by Crippen LogP contribution is 2.41. The van der Waals surface area contributed by atoms with Gasteiger partial charge in [0.15, 0.2) is 5.13 Å². The number of pyridine rings is 1. The predicted octanol–water partition coefficient (Wildman–Crippen LogP) is 6.36. The summed E-state index contributed by atoms with van der Waals surface area (Å²) in [5, 5.41) is 9.30. The van der Waals surface area contributed by atoms with Crippen LogP contribution in [-0.2, 0) is 20.8 Å². The van der Waals surface area contributed by atoms with Gasteiger partial charge in [0.25, 0.3) is 0 Å². The van der Waals surface area contributed by atoms with E-state index in [1.54, 1.807) is 29.3 Å². The second-order valence-electron chi connectivity index (χ2n) is 11.0. The number of hydrogen-bond acceptors (Lipinski definition) is 6. The number of thiazole rings is 1. The highest BCUT2D eigenvalue weighted by molar-refractivity contribution is 7.14. The van der Waals surface area contributed by atoms with E-state index in [1.165, 1.54) is 4.90 Å². The molecule has 10 heteroatoms. The molecule has 1 saturated heterocycles. The summed E-state index contributed by atoms with van der Waals surface area (Å²) in [5.74, 6) is -1.56. The fraction of sp³-hybridized carbons (Fsp3) is 0.303. The highest BCUT2D eigenvalue weighted by Gasteiger charge is 2.40. The molecule has 220 valence electrons. The first-order chi connectivity index (χ1) is 20.9. The number of rotatable bonds is 10. The number of halogens is 1. The molecule has 1 aliphatic carbocycles. The molecule has 1 aliphatic heterocycles. The number of nitrogens with zero attached hydrogens (tertiary/aromatic N) is 4. The Hall–Kier alpha value is -4.44. The number of aromatic nitrogens is 2. The van der Waals surface area contributed by atoms with Gasteiger partial charge in [0.05, 0.1) is 12.3 Å². The van der Waals surface area contributed by atoms with Crippen LogP contribution in [0.2, 0.25) is 0 Å². The van der Waals surface area contributed by atoms with Crippen molar-refractivity contribution in [3.8, 4) is 22.4 Å². The van der Waals surface area contributed by atoms with Crippen molar-refractivity contribution in [2.45, 2.75) is 51.0 Å². The van der Waals surface area contributed by atoms with Crippen LogP contribution in [0.15, 0.2) is 72.9 Å². The van der Waals surface area contributed by atoms with Gasteiger partial charge in [-0.15, -0.1) is 0 Å². The Labute approximate surface area is 252 Å². The molecule has 3 heterocycles. The summed E-state index contributed by atoms with van der Waals surface area (Å²) in [6, 6.07) is 20.2. The lowest BCUT2D eigenvalue weighted by atomic mass is 9.94. The van der Waals surface area contributed by atoms with Crippen molar-refractivity contribution >= 4 is 40.1 Å². The lowest BCUT2D eigenvalue weighted by molar-refractivity contribution is -0.140. The zero-order chi connectivity index (χ0) is 29.9. The Bertz CT molecular complexity index is 1640. The largest absolute Gasteiger partial charge is 0.481 e. The highest BCUT2D eigenvalue weighted by atomic mass is 32.1. The van der Waals surface area contributed by atoms with Gasteiger partial charge >= 0.3 is 5.97 Å². The fourth-order valence-electron chi connectivity index (χ4n) is 5.57. The van der Waals surface area contributed by atoms with Crippen LogP contribution in [0, 0.1) is 11.0 Å². The number of carboxylic acids is 1. The van der Waals surface area contributed by atoms with Crippen molar-refractivity contribution < 1.29 is 23.9 Å². The molecule has 2 amide bonds. The van der Waals surface area contributed by atoms with Crippen molar-refractivity contribution in [2.75, 3.05) is 16.3 Å². The van der Waals surface area contributed by atoms with Crippen LogP contribution in [0.3, 0.4) is 0 Å². The maximum atomic E-state index is 15.7. The first kappa shape index (κ1) is 28.7. The average Bonchev–Trinajstić information content (AvgIpc) is 3.78. The van der Waals surface area contributed by atoms with Crippen molar-refractivity contribution in [2.24, 2.45) is 5.92 Å². The third kappa shape index (κ3) is 6.34. The molecular formula is C33H31FN4O4S. The van der Waals surface area contributed by atoms with E-state index in [0.717, 1.165) is 53.7 Å². The molecule has 0 bridgehead atoms. The first-order valence-corrected chi connectivity index (χ1v) is 15.3. The van der Waals surface area contributed by atoms with Crippen LogP contribution < -0.4 is 9.80 Å². The van der Waals surface area contributed by atoms with E-state index in [9.17, 15) is 19.5 Å². The van der Waals surface area contributed by atoms with Gasteiger partial charge < -0.3 is 5.11 Å². The summed E-state index contributed by atoms with van der Waals surface area (Å²) >= 11 is 0.802. The van der Waals surface area contributed by atoms with Crippen LogP contribution in [0.4, 0.5) is 15.3 Å². The van der Waals surface area contributed by atoms with E-state index in [2.05, 4.69) is 9.97 Å². The lowest BCUT2D eigenvalue weighted by Gasteiger charge is -2.25. The predicted molar refractivity (Wildman–Crippen MR) is 163 cm³/mol. The molecule has 1 atom stereocenters. The van der Waals surface area contributed by atoms with Gasteiger partial charge in [-0.25, -0.2) is 9.97 Å². The monoisotopic (exact) mass is 598 g/mol. The van der Waals surface area contributed by atoms with Crippen molar-refractivity contribution in [3.05, 3.63) is 83.6 Å². The maximum Gasteiger partial charge on any atom is 0.304 e. The van der Waals surface area contributed by atoms with E-state index >= 15 is 4.39 Å². The van der Waals surface area contributed by atoms with Gasteiger partial charge in [-0.3, -0.25) is 24.2 Å². The topological polar surface area (TPSA) is 104 Å². The number of piperidine rings is 1. The minimum Gasteiger partial charge on any atom is -0.481 e. The van der Waals surface area contributed by atoms with Gasteiger partial charge in [-0.05, 0) is 55.4 Å². The third-order valence-corrected chi connectivity index (χ3v) is 8.71. The Morgan fingerprint density at radius 2 is 1.77 bits per heavy atom. The van der Waals surface area contributed by atoms with E-state index in [-0.39, 0.29) is 41.5 Å². The number of carboxylic acid groups (broad SMARTS) is 1. The lowest BCUT2D eigenvalue weighted by Crippen LogP contribution is -2.39. The molecule has 2 aliphatic rings. The molecule has 0 radical (unpaired) electrons. The minimum absolute atomic E-state index is 0.0631. The summed E-state index contributed by atoms with van der Waals surface area (Å²) in [4.78, 5) is 50.3. The van der Waals surface area contributed by atoms with Crippen LogP contribution >= 0.6 is 11.3 Å². The quantitative estimate of drug-likeness (QED) is 0.228. The summed E-state index contributed by atoms with van der Waals surface area (Å²) in [6.07, 6.45) is 5.47. The number of hydrogen-bond donors (Lipinski definition) is 1. The molecular weight excluding hydrogens is 567 g/mol. The summed E-state index contributed by atoms with van der Waals surface area (Å²) in [6.45, 7) is 0.642. The molecule has 2 aromatic carbocycles. The second kappa shape index (κ2) is 12.4. The number of aliphatic carboxylic acids is 1. The summed E-state index contributed by atoms with van der Waals surface area (Å²) in [7, 11) is 0. The molecule has 6 rings (SSSR count). The van der Waals surface area contributed by atoms with E-state index < -0.39 is 17.0 Å². The Balaban J connectivity index is 1.30. The normalized spacial score (nSPS) is 15.7. The smallest absolute Gasteiger partial charge is 0.304 e. The standard InChI is InChI=1S/C33H31FN4O4S/c34-31-30(26-11-5-4-10-25(26)22-13-16-27(35-20-22)37-17-7-6-12-28(37)39)36-33(43-31)38(24-14-15-24)32(42)23(19-29(40)41)18-21-8-2-1-3-9-21/h1-5,8-11,13,16,20,23-24H,6-7,12,14-15,17-19H2,(H,40,41)/t23-/m1/s1. The van der Waals surface area contributed by atoms with Gasteiger partial charge in [-0.1, -0.05) is 65.9 Å². The van der Waals surface area contributed by atoms with E-state index in [0.29, 0.717) is 24.3 Å². The number of amides is 2. The first-order valence-electron chi connectivity index (χ1n) is 14.5. The third-order valence-electron chi connectivity index (χ3n) is 7.87. The number of carbonyl (C=O) groups is 3. The number of carbonyl (C=O) groups excluding carboxylic acids is 2. The average molecular weight is 599 g/mol. The van der Waals surface area contributed by atoms with Crippen molar-refractivity contribution in [1.29, 1.82) is 0 Å². The number of anilines is 2. The van der Waals surface area contributed by atoms with Crippen LogP contribution in [0.5, 0.6) is 0 Å². The Kier molecular flexibility index (Phi) is 8.29. The molecule has 2 aromatic heterocycles. The van der Waals surface area contributed by atoms with Gasteiger partial charge in [0, 0.05) is 36.3 Å².